The summed E-state index contributed by atoms with van der Waals surface area (Å²) in [6.45, 7) is 2.50. The Balaban J connectivity index is 1.76. The van der Waals surface area contributed by atoms with E-state index in [-0.39, 0.29) is 17.5 Å². The second kappa shape index (κ2) is 4.31. The van der Waals surface area contributed by atoms with Crippen molar-refractivity contribution in [3.63, 3.8) is 0 Å². The van der Waals surface area contributed by atoms with Crippen molar-refractivity contribution in [2.24, 2.45) is 0 Å². The van der Waals surface area contributed by atoms with Gasteiger partial charge in [-0.2, -0.15) is 0 Å². The summed E-state index contributed by atoms with van der Waals surface area (Å²) >= 11 is 0. The van der Waals surface area contributed by atoms with Crippen LogP contribution in [-0.4, -0.2) is 47.3 Å². The highest BCUT2D eigenvalue weighted by Crippen LogP contribution is 2.36. The largest absolute Gasteiger partial charge is 0.312 e. The zero-order chi connectivity index (χ0) is 12.8. The molecule has 100 valence electrons. The minimum Gasteiger partial charge on any atom is -0.312 e. The first kappa shape index (κ1) is 12.1. The molecular formula is C11H18N4O2S. The van der Waals surface area contributed by atoms with Crippen LogP contribution < -0.4 is 5.32 Å². The van der Waals surface area contributed by atoms with Crippen LogP contribution in [0.25, 0.3) is 0 Å². The first-order chi connectivity index (χ1) is 8.55. The van der Waals surface area contributed by atoms with Crippen LogP contribution in [-0.2, 0) is 16.3 Å². The molecule has 0 bridgehead atoms. The van der Waals surface area contributed by atoms with E-state index in [1.165, 1.54) is 12.8 Å². The van der Waals surface area contributed by atoms with Crippen LogP contribution in [0, 0.1) is 6.92 Å². The van der Waals surface area contributed by atoms with Gasteiger partial charge in [-0.1, -0.05) is 0 Å². The normalized spacial score (nSPS) is 27.3. The van der Waals surface area contributed by atoms with Crippen molar-refractivity contribution >= 4 is 9.84 Å². The van der Waals surface area contributed by atoms with E-state index in [0.29, 0.717) is 19.0 Å². The minimum atomic E-state index is -2.88. The van der Waals surface area contributed by atoms with Crippen LogP contribution in [0.15, 0.2) is 0 Å². The van der Waals surface area contributed by atoms with Crippen molar-refractivity contribution in [2.75, 3.05) is 18.1 Å². The quantitative estimate of drug-likeness (QED) is 0.826. The molecule has 7 heteroatoms. The standard InChI is InChI=1S/C11H18N4O2S/c1-8-13-14-11(15(8)10-2-3-10)6-9-7-18(16,17)5-4-12-9/h9-10,12H,2-7H2,1H3. The van der Waals surface area contributed by atoms with E-state index in [2.05, 4.69) is 20.1 Å². The molecule has 3 rings (SSSR count). The summed E-state index contributed by atoms with van der Waals surface area (Å²) in [6.07, 6.45) is 3.01. The number of sulfone groups is 1. The lowest BCUT2D eigenvalue weighted by atomic mass is 10.2. The maximum absolute atomic E-state index is 11.6. The summed E-state index contributed by atoms with van der Waals surface area (Å²) in [4.78, 5) is 0. The molecule has 1 N–H and O–H groups in total. The van der Waals surface area contributed by atoms with Gasteiger partial charge in [0.25, 0.3) is 0 Å². The molecule has 1 aliphatic carbocycles. The lowest BCUT2D eigenvalue weighted by Gasteiger charge is -2.23. The van der Waals surface area contributed by atoms with E-state index in [1.54, 1.807) is 0 Å². The van der Waals surface area contributed by atoms with Gasteiger partial charge in [-0.25, -0.2) is 8.42 Å². The minimum absolute atomic E-state index is 0.0233. The lowest BCUT2D eigenvalue weighted by Crippen LogP contribution is -2.46. The third kappa shape index (κ3) is 2.42. The molecule has 6 nitrogen and oxygen atoms in total. The van der Waals surface area contributed by atoms with Gasteiger partial charge in [0.15, 0.2) is 9.84 Å². The van der Waals surface area contributed by atoms with Gasteiger partial charge >= 0.3 is 0 Å². The fourth-order valence-corrected chi connectivity index (χ4v) is 4.02. The number of rotatable bonds is 3. The summed E-state index contributed by atoms with van der Waals surface area (Å²) in [5.41, 5.74) is 0. The average Bonchev–Trinajstić information content (AvgIpc) is 3.04. The molecular weight excluding hydrogens is 252 g/mol. The van der Waals surface area contributed by atoms with Gasteiger partial charge in [-0.05, 0) is 19.8 Å². The highest BCUT2D eigenvalue weighted by molar-refractivity contribution is 7.91. The molecule has 1 saturated heterocycles. The van der Waals surface area contributed by atoms with Crippen molar-refractivity contribution in [1.29, 1.82) is 0 Å². The van der Waals surface area contributed by atoms with Crippen molar-refractivity contribution in [3.8, 4) is 0 Å². The number of hydrogen-bond donors (Lipinski definition) is 1. The first-order valence-corrected chi connectivity index (χ1v) is 8.21. The predicted octanol–water partition coefficient (Wildman–Crippen LogP) is -0.149. The Hall–Kier alpha value is -0.950. The average molecular weight is 270 g/mol. The van der Waals surface area contributed by atoms with Gasteiger partial charge < -0.3 is 9.88 Å². The molecule has 0 amide bonds. The number of nitrogens with one attached hydrogen (secondary N) is 1. The fourth-order valence-electron chi connectivity index (χ4n) is 2.58. The molecule has 1 saturated carbocycles. The van der Waals surface area contributed by atoms with Crippen molar-refractivity contribution < 1.29 is 8.42 Å². The predicted molar refractivity (Wildman–Crippen MR) is 67.2 cm³/mol. The van der Waals surface area contributed by atoms with Crippen molar-refractivity contribution in [1.82, 2.24) is 20.1 Å². The van der Waals surface area contributed by atoms with Gasteiger partial charge in [-0.15, -0.1) is 10.2 Å². The Morgan fingerprint density at radius 3 is 2.83 bits per heavy atom. The molecule has 0 spiro atoms. The summed E-state index contributed by atoms with van der Waals surface area (Å²) in [5, 5.41) is 11.6. The van der Waals surface area contributed by atoms with E-state index in [0.717, 1.165) is 11.6 Å². The SMILES string of the molecule is Cc1nnc(CC2CS(=O)(=O)CCN2)n1C1CC1. The molecule has 1 aromatic rings. The summed E-state index contributed by atoms with van der Waals surface area (Å²) in [5.74, 6) is 2.32. The van der Waals surface area contributed by atoms with Crippen LogP contribution in [0.2, 0.25) is 0 Å². The first-order valence-electron chi connectivity index (χ1n) is 6.39. The van der Waals surface area contributed by atoms with Crippen LogP contribution in [0.1, 0.15) is 30.5 Å². The number of aryl methyl sites for hydroxylation is 1. The Morgan fingerprint density at radius 2 is 2.17 bits per heavy atom. The van der Waals surface area contributed by atoms with Gasteiger partial charge in [0, 0.05) is 25.0 Å². The fraction of sp³-hybridized carbons (Fsp3) is 0.818. The second-order valence-electron chi connectivity index (χ2n) is 5.23. The van der Waals surface area contributed by atoms with E-state index in [9.17, 15) is 8.42 Å². The Labute approximate surface area is 107 Å². The Kier molecular flexibility index (Phi) is 2.90. The summed E-state index contributed by atoms with van der Waals surface area (Å²) < 4.78 is 25.4. The Morgan fingerprint density at radius 1 is 1.39 bits per heavy atom. The van der Waals surface area contributed by atoms with Gasteiger partial charge in [0.1, 0.15) is 11.6 Å². The van der Waals surface area contributed by atoms with E-state index < -0.39 is 9.84 Å². The topological polar surface area (TPSA) is 76.9 Å². The third-order valence-electron chi connectivity index (χ3n) is 3.58. The molecule has 2 aliphatic rings. The number of aromatic nitrogens is 3. The molecule has 0 radical (unpaired) electrons. The molecule has 2 fully saturated rings. The van der Waals surface area contributed by atoms with Crippen LogP contribution >= 0.6 is 0 Å². The molecule has 18 heavy (non-hydrogen) atoms. The third-order valence-corrected chi connectivity index (χ3v) is 5.32. The van der Waals surface area contributed by atoms with Crippen LogP contribution in [0.5, 0.6) is 0 Å². The Bertz CT molecular complexity index is 547. The maximum Gasteiger partial charge on any atom is 0.153 e. The number of nitrogens with zero attached hydrogens (tertiary/aromatic N) is 3. The van der Waals surface area contributed by atoms with Crippen molar-refractivity contribution in [3.05, 3.63) is 11.6 Å². The zero-order valence-corrected chi connectivity index (χ0v) is 11.3. The van der Waals surface area contributed by atoms with E-state index in [1.807, 2.05) is 6.92 Å². The smallest absolute Gasteiger partial charge is 0.153 e. The molecule has 1 atom stereocenters. The molecule has 1 aromatic heterocycles. The van der Waals surface area contributed by atoms with E-state index >= 15 is 0 Å². The van der Waals surface area contributed by atoms with Crippen molar-refractivity contribution in [2.45, 2.75) is 38.3 Å². The maximum atomic E-state index is 11.6. The summed E-state index contributed by atoms with van der Waals surface area (Å²) in [7, 11) is -2.88. The molecule has 1 aliphatic heterocycles. The molecule has 0 aromatic carbocycles. The number of hydrogen-bond acceptors (Lipinski definition) is 5. The zero-order valence-electron chi connectivity index (χ0n) is 10.5. The van der Waals surface area contributed by atoms with Gasteiger partial charge in [-0.3, -0.25) is 0 Å². The lowest BCUT2D eigenvalue weighted by molar-refractivity contribution is 0.498. The highest BCUT2D eigenvalue weighted by Gasteiger charge is 2.31. The molecule has 1 unspecified atom stereocenters. The van der Waals surface area contributed by atoms with Gasteiger partial charge in [0.05, 0.1) is 11.5 Å². The van der Waals surface area contributed by atoms with Gasteiger partial charge in [0.2, 0.25) is 0 Å². The van der Waals surface area contributed by atoms with E-state index in [4.69, 9.17) is 0 Å². The van der Waals surface area contributed by atoms with Crippen LogP contribution in [0.3, 0.4) is 0 Å². The molecule has 2 heterocycles. The highest BCUT2D eigenvalue weighted by atomic mass is 32.2. The van der Waals surface area contributed by atoms with Crippen LogP contribution in [0.4, 0.5) is 0 Å². The monoisotopic (exact) mass is 270 g/mol. The summed E-state index contributed by atoms with van der Waals surface area (Å²) in [6, 6.07) is 0.514. The second-order valence-corrected chi connectivity index (χ2v) is 7.46.